The van der Waals surface area contributed by atoms with E-state index in [1.165, 1.54) is 9.88 Å². The van der Waals surface area contributed by atoms with Gasteiger partial charge in [0.05, 0.1) is 28.1 Å². The molecule has 1 aliphatic rings. The number of hydrogen-bond acceptors (Lipinski definition) is 4. The number of likely N-dealkylation sites (tertiary alicyclic amines) is 1. The second kappa shape index (κ2) is 4.23. The molecule has 5 heteroatoms. The van der Waals surface area contributed by atoms with Crippen LogP contribution in [-0.2, 0) is 0 Å². The Morgan fingerprint density at radius 3 is 2.88 bits per heavy atom. The number of aromatic nitrogens is 3. The van der Waals surface area contributed by atoms with Crippen LogP contribution in [0.3, 0.4) is 0 Å². The minimum absolute atomic E-state index is 0.624. The molecule has 3 heterocycles. The highest BCUT2D eigenvalue weighted by atomic mass is 32.1. The number of thiazole rings is 1. The van der Waals surface area contributed by atoms with Crippen molar-refractivity contribution in [3.63, 3.8) is 0 Å². The molecule has 0 unspecified atom stereocenters. The summed E-state index contributed by atoms with van der Waals surface area (Å²) in [5.41, 5.74) is 1.06. The van der Waals surface area contributed by atoms with E-state index < -0.39 is 0 Å². The Kier molecular flexibility index (Phi) is 2.72. The molecule has 2 aromatic heterocycles. The maximum atomic E-state index is 4.53. The van der Waals surface area contributed by atoms with Crippen LogP contribution in [0.25, 0.3) is 10.6 Å². The molecule has 0 amide bonds. The molecular formula is C12H16N4S. The minimum atomic E-state index is 0.624. The zero-order valence-corrected chi connectivity index (χ0v) is 10.9. The predicted molar refractivity (Wildman–Crippen MR) is 69.1 cm³/mol. The SMILES string of the molecule is CC(C)N1CC(c2ncc(-c3cnc[nH]3)s2)C1. The van der Waals surface area contributed by atoms with Gasteiger partial charge in [0.25, 0.3) is 0 Å². The van der Waals surface area contributed by atoms with E-state index in [1.54, 1.807) is 17.7 Å². The Balaban J connectivity index is 1.70. The Bertz CT molecular complexity index is 482. The molecule has 90 valence electrons. The highest BCUT2D eigenvalue weighted by Crippen LogP contribution is 2.34. The summed E-state index contributed by atoms with van der Waals surface area (Å²) in [6, 6.07) is 0.651. The molecule has 1 N–H and O–H groups in total. The summed E-state index contributed by atoms with van der Waals surface area (Å²) in [6.07, 6.45) is 5.50. The number of nitrogens with zero attached hydrogens (tertiary/aromatic N) is 3. The van der Waals surface area contributed by atoms with Gasteiger partial charge in [-0.25, -0.2) is 9.97 Å². The lowest BCUT2D eigenvalue weighted by atomic mass is 9.99. The summed E-state index contributed by atoms with van der Waals surface area (Å²) in [4.78, 5) is 15.3. The Morgan fingerprint density at radius 2 is 2.24 bits per heavy atom. The van der Waals surface area contributed by atoms with Crippen molar-refractivity contribution >= 4 is 11.3 Å². The average Bonchev–Trinajstić information content (AvgIpc) is 2.82. The highest BCUT2D eigenvalue weighted by molar-refractivity contribution is 7.15. The summed E-state index contributed by atoms with van der Waals surface area (Å²) >= 11 is 1.78. The van der Waals surface area contributed by atoms with Crippen LogP contribution in [0.15, 0.2) is 18.7 Å². The maximum absolute atomic E-state index is 4.53. The van der Waals surface area contributed by atoms with Gasteiger partial charge in [-0.1, -0.05) is 0 Å². The van der Waals surface area contributed by atoms with Gasteiger partial charge in [-0.3, -0.25) is 4.90 Å². The fourth-order valence-corrected chi connectivity index (χ4v) is 3.06. The number of H-pyrrole nitrogens is 1. The standard InChI is InChI=1S/C12H16N4S/c1-8(2)16-5-9(6-16)12-14-4-11(17-12)10-3-13-7-15-10/h3-4,7-9H,5-6H2,1-2H3,(H,13,15). The molecule has 2 aromatic rings. The number of imidazole rings is 1. The molecule has 0 spiro atoms. The van der Waals surface area contributed by atoms with Gasteiger partial charge in [0, 0.05) is 31.2 Å². The Morgan fingerprint density at radius 1 is 1.41 bits per heavy atom. The van der Waals surface area contributed by atoms with Gasteiger partial charge < -0.3 is 4.98 Å². The first-order valence-corrected chi connectivity index (χ1v) is 6.74. The summed E-state index contributed by atoms with van der Waals surface area (Å²) in [5.74, 6) is 0.624. The smallest absolute Gasteiger partial charge is 0.0988 e. The zero-order valence-electron chi connectivity index (χ0n) is 10.1. The van der Waals surface area contributed by atoms with Gasteiger partial charge in [-0.05, 0) is 13.8 Å². The molecule has 0 aromatic carbocycles. The topological polar surface area (TPSA) is 44.8 Å². The molecule has 0 radical (unpaired) electrons. The van der Waals surface area contributed by atoms with Crippen LogP contribution in [0.5, 0.6) is 0 Å². The first kappa shape index (κ1) is 10.9. The maximum Gasteiger partial charge on any atom is 0.0988 e. The number of aromatic amines is 1. The molecule has 3 rings (SSSR count). The lowest BCUT2D eigenvalue weighted by Crippen LogP contribution is -2.48. The van der Waals surface area contributed by atoms with E-state index in [-0.39, 0.29) is 0 Å². The van der Waals surface area contributed by atoms with Crippen molar-refractivity contribution in [2.24, 2.45) is 0 Å². The van der Waals surface area contributed by atoms with Crippen LogP contribution < -0.4 is 0 Å². The predicted octanol–water partition coefficient (Wildman–Crippen LogP) is 2.34. The fraction of sp³-hybridized carbons (Fsp3) is 0.500. The van der Waals surface area contributed by atoms with Crippen molar-refractivity contribution < 1.29 is 0 Å². The molecule has 1 saturated heterocycles. The van der Waals surface area contributed by atoms with Crippen LogP contribution in [-0.4, -0.2) is 39.0 Å². The van der Waals surface area contributed by atoms with Crippen molar-refractivity contribution in [2.45, 2.75) is 25.8 Å². The number of nitrogens with one attached hydrogen (secondary N) is 1. The van der Waals surface area contributed by atoms with Gasteiger partial charge in [-0.15, -0.1) is 11.3 Å². The number of hydrogen-bond donors (Lipinski definition) is 1. The monoisotopic (exact) mass is 248 g/mol. The summed E-state index contributed by atoms with van der Waals surface area (Å²) in [6.45, 7) is 6.78. The van der Waals surface area contributed by atoms with Gasteiger partial charge in [-0.2, -0.15) is 0 Å². The molecule has 1 aliphatic heterocycles. The van der Waals surface area contributed by atoms with Crippen molar-refractivity contribution in [1.29, 1.82) is 0 Å². The normalized spacial score (nSPS) is 17.6. The largest absolute Gasteiger partial charge is 0.344 e. The van der Waals surface area contributed by atoms with Crippen molar-refractivity contribution in [3.8, 4) is 10.6 Å². The van der Waals surface area contributed by atoms with Crippen LogP contribution in [0.4, 0.5) is 0 Å². The van der Waals surface area contributed by atoms with E-state index in [2.05, 4.69) is 33.7 Å². The van der Waals surface area contributed by atoms with Crippen molar-refractivity contribution in [1.82, 2.24) is 19.9 Å². The molecule has 0 saturated carbocycles. The third-order valence-electron chi connectivity index (χ3n) is 3.28. The molecular weight excluding hydrogens is 232 g/mol. The van der Waals surface area contributed by atoms with E-state index in [0.717, 1.165) is 18.8 Å². The molecule has 1 fully saturated rings. The minimum Gasteiger partial charge on any atom is -0.344 e. The zero-order chi connectivity index (χ0) is 11.8. The molecule has 0 atom stereocenters. The van der Waals surface area contributed by atoms with Crippen LogP contribution in [0, 0.1) is 0 Å². The summed E-state index contributed by atoms with van der Waals surface area (Å²) < 4.78 is 0. The fourth-order valence-electron chi connectivity index (χ4n) is 2.08. The average molecular weight is 248 g/mol. The van der Waals surface area contributed by atoms with Gasteiger partial charge in [0.15, 0.2) is 0 Å². The second-order valence-electron chi connectivity index (χ2n) is 4.77. The van der Waals surface area contributed by atoms with Gasteiger partial charge in [0.1, 0.15) is 0 Å². The van der Waals surface area contributed by atoms with E-state index in [0.29, 0.717) is 12.0 Å². The quantitative estimate of drug-likeness (QED) is 0.906. The molecule has 0 bridgehead atoms. The van der Waals surface area contributed by atoms with Gasteiger partial charge >= 0.3 is 0 Å². The first-order chi connectivity index (χ1) is 8.24. The van der Waals surface area contributed by atoms with E-state index in [4.69, 9.17) is 0 Å². The van der Waals surface area contributed by atoms with Gasteiger partial charge in [0.2, 0.25) is 0 Å². The Hall–Kier alpha value is -1.20. The van der Waals surface area contributed by atoms with Crippen LogP contribution in [0.2, 0.25) is 0 Å². The van der Waals surface area contributed by atoms with E-state index in [1.807, 2.05) is 12.4 Å². The lowest BCUT2D eigenvalue weighted by Gasteiger charge is -2.41. The molecule has 4 nitrogen and oxygen atoms in total. The van der Waals surface area contributed by atoms with E-state index in [9.17, 15) is 0 Å². The van der Waals surface area contributed by atoms with Crippen molar-refractivity contribution in [2.75, 3.05) is 13.1 Å². The summed E-state index contributed by atoms with van der Waals surface area (Å²) in [5, 5.41) is 1.26. The van der Waals surface area contributed by atoms with Crippen molar-refractivity contribution in [3.05, 3.63) is 23.7 Å². The van der Waals surface area contributed by atoms with Crippen LogP contribution in [0.1, 0.15) is 24.8 Å². The molecule has 0 aliphatic carbocycles. The van der Waals surface area contributed by atoms with Crippen LogP contribution >= 0.6 is 11.3 Å². The first-order valence-electron chi connectivity index (χ1n) is 5.92. The third-order valence-corrected chi connectivity index (χ3v) is 4.47. The highest BCUT2D eigenvalue weighted by Gasteiger charge is 2.31. The summed E-state index contributed by atoms with van der Waals surface area (Å²) in [7, 11) is 0. The van der Waals surface area contributed by atoms with E-state index >= 15 is 0 Å². The molecule has 17 heavy (non-hydrogen) atoms. The second-order valence-corrected chi connectivity index (χ2v) is 5.83. The lowest BCUT2D eigenvalue weighted by molar-refractivity contribution is 0.110. The number of rotatable bonds is 3. The third kappa shape index (κ3) is 2.00. The Labute approximate surface area is 105 Å².